The van der Waals surface area contributed by atoms with E-state index >= 15 is 0 Å². The Bertz CT molecular complexity index is 594. The van der Waals surface area contributed by atoms with Gasteiger partial charge in [0.1, 0.15) is 11.6 Å². The van der Waals surface area contributed by atoms with E-state index in [1.54, 1.807) is 6.07 Å². The number of hydrogen-bond acceptors (Lipinski definition) is 3. The first-order valence-corrected chi connectivity index (χ1v) is 9.20. The lowest BCUT2D eigenvalue weighted by atomic mass is 10.0. The molecule has 1 fully saturated rings. The second-order valence-electron chi connectivity index (χ2n) is 5.37. The van der Waals surface area contributed by atoms with Gasteiger partial charge in [-0.3, -0.25) is 0 Å². The first-order valence-electron chi connectivity index (χ1n) is 6.82. The fourth-order valence-corrected chi connectivity index (χ4v) is 3.56. The molecule has 0 bridgehead atoms. The number of ether oxygens (including phenoxy) is 1. The number of benzene rings is 1. The van der Waals surface area contributed by atoms with Gasteiger partial charge in [-0.25, -0.2) is 17.1 Å². The van der Waals surface area contributed by atoms with E-state index in [0.717, 1.165) is 12.8 Å². The Morgan fingerprint density at radius 1 is 1.43 bits per heavy atom. The van der Waals surface area contributed by atoms with Gasteiger partial charge >= 0.3 is 0 Å². The molecule has 1 aliphatic rings. The predicted molar refractivity (Wildman–Crippen MR) is 80.6 cm³/mol. The minimum atomic E-state index is -3.16. The Kier molecular flexibility index (Phi) is 5.46. The molecule has 7 heteroatoms. The highest BCUT2D eigenvalue weighted by molar-refractivity contribution is 7.88. The van der Waals surface area contributed by atoms with Gasteiger partial charge in [-0.1, -0.05) is 0 Å². The lowest BCUT2D eigenvalue weighted by Crippen LogP contribution is -2.40. The monoisotopic (exact) mass is 335 g/mol. The van der Waals surface area contributed by atoms with E-state index in [4.69, 9.17) is 16.3 Å². The zero-order chi connectivity index (χ0) is 15.5. The molecule has 1 heterocycles. The predicted octanol–water partition coefficient (Wildman–Crippen LogP) is 2.61. The fourth-order valence-electron chi connectivity index (χ4n) is 2.46. The molecule has 1 atom stereocenters. The van der Waals surface area contributed by atoms with Crippen molar-refractivity contribution in [1.82, 2.24) is 4.31 Å². The molecule has 21 heavy (non-hydrogen) atoms. The second kappa shape index (κ2) is 6.94. The molecule has 2 rings (SSSR count). The second-order valence-corrected chi connectivity index (χ2v) is 7.62. The number of piperidine rings is 1. The number of hydrogen-bond donors (Lipinski definition) is 0. The molecule has 1 aromatic carbocycles. The van der Waals surface area contributed by atoms with Gasteiger partial charge in [0.2, 0.25) is 10.0 Å². The van der Waals surface area contributed by atoms with E-state index in [2.05, 4.69) is 0 Å². The van der Waals surface area contributed by atoms with Gasteiger partial charge in [-0.05, 0) is 30.5 Å². The molecule has 0 N–H and O–H groups in total. The topological polar surface area (TPSA) is 46.6 Å². The molecule has 0 spiro atoms. The van der Waals surface area contributed by atoms with Crippen LogP contribution in [0.5, 0.6) is 5.75 Å². The quantitative estimate of drug-likeness (QED) is 0.777. The van der Waals surface area contributed by atoms with E-state index in [1.807, 2.05) is 0 Å². The molecule has 1 aliphatic heterocycles. The molecule has 118 valence electrons. The van der Waals surface area contributed by atoms with Crippen LogP contribution in [0.15, 0.2) is 18.2 Å². The van der Waals surface area contributed by atoms with Gasteiger partial charge in [-0.15, -0.1) is 11.6 Å². The van der Waals surface area contributed by atoms with Crippen LogP contribution in [-0.2, 0) is 15.9 Å². The van der Waals surface area contributed by atoms with Gasteiger partial charge < -0.3 is 4.74 Å². The number of alkyl halides is 1. The number of rotatable bonds is 5. The zero-order valence-electron chi connectivity index (χ0n) is 11.9. The molecule has 0 amide bonds. The average molecular weight is 336 g/mol. The molecular formula is C14H19ClFNO3S. The Labute approximate surface area is 129 Å². The maximum Gasteiger partial charge on any atom is 0.211 e. The summed E-state index contributed by atoms with van der Waals surface area (Å²) in [6.45, 7) is 1.39. The summed E-state index contributed by atoms with van der Waals surface area (Å²) in [5, 5.41) is 0. The molecule has 0 aromatic heterocycles. The van der Waals surface area contributed by atoms with Crippen molar-refractivity contribution in [2.45, 2.75) is 18.7 Å². The summed E-state index contributed by atoms with van der Waals surface area (Å²) in [4.78, 5) is 0. The summed E-state index contributed by atoms with van der Waals surface area (Å²) in [6.07, 6.45) is 2.94. The molecule has 0 radical (unpaired) electrons. The molecule has 1 saturated heterocycles. The highest BCUT2D eigenvalue weighted by Gasteiger charge is 2.26. The maximum atomic E-state index is 13.4. The van der Waals surface area contributed by atoms with Crippen LogP contribution in [0.3, 0.4) is 0 Å². The van der Waals surface area contributed by atoms with Gasteiger partial charge in [0, 0.05) is 31.0 Å². The van der Waals surface area contributed by atoms with Gasteiger partial charge in [0.25, 0.3) is 0 Å². The van der Waals surface area contributed by atoms with Crippen LogP contribution in [0.25, 0.3) is 0 Å². The molecular weight excluding hydrogens is 317 g/mol. The minimum Gasteiger partial charge on any atom is -0.493 e. The first kappa shape index (κ1) is 16.5. The van der Waals surface area contributed by atoms with E-state index in [1.165, 1.54) is 22.7 Å². The lowest BCUT2D eigenvalue weighted by molar-refractivity contribution is 0.180. The van der Waals surface area contributed by atoms with Gasteiger partial charge in [0.15, 0.2) is 0 Å². The van der Waals surface area contributed by atoms with Gasteiger partial charge in [-0.2, -0.15) is 0 Å². The third-order valence-electron chi connectivity index (χ3n) is 3.52. The summed E-state index contributed by atoms with van der Waals surface area (Å²) in [6, 6.07) is 4.38. The summed E-state index contributed by atoms with van der Waals surface area (Å²) in [5.41, 5.74) is 0.660. The highest BCUT2D eigenvalue weighted by Crippen LogP contribution is 2.22. The van der Waals surface area contributed by atoms with Crippen LogP contribution in [0.1, 0.15) is 18.4 Å². The normalized spacial score (nSPS) is 20.4. The summed E-state index contributed by atoms with van der Waals surface area (Å²) in [7, 11) is -3.16. The van der Waals surface area contributed by atoms with Crippen molar-refractivity contribution in [2.75, 3.05) is 26.0 Å². The average Bonchev–Trinajstić information content (AvgIpc) is 2.44. The number of sulfonamides is 1. The van der Waals surface area contributed by atoms with Crippen molar-refractivity contribution in [3.05, 3.63) is 29.6 Å². The molecule has 1 unspecified atom stereocenters. The van der Waals surface area contributed by atoms with Crippen LogP contribution < -0.4 is 4.74 Å². The van der Waals surface area contributed by atoms with Crippen molar-refractivity contribution in [1.29, 1.82) is 0 Å². The summed E-state index contributed by atoms with van der Waals surface area (Å²) in [5.74, 6) is 0.391. The summed E-state index contributed by atoms with van der Waals surface area (Å²) < 4.78 is 43.6. The van der Waals surface area contributed by atoms with E-state index < -0.39 is 10.0 Å². The van der Waals surface area contributed by atoms with Gasteiger partial charge in [0.05, 0.1) is 12.9 Å². The first-order chi connectivity index (χ1) is 9.88. The standard InChI is InChI=1S/C14H19ClFNO3S/c1-21(18,19)17-4-2-3-11(9-17)10-20-14-6-12(8-15)5-13(16)7-14/h5-7,11H,2-4,8-10H2,1H3. The maximum absolute atomic E-state index is 13.4. The molecule has 0 saturated carbocycles. The third-order valence-corrected chi connectivity index (χ3v) is 5.10. The van der Waals surface area contributed by atoms with Crippen LogP contribution >= 0.6 is 11.6 Å². The van der Waals surface area contributed by atoms with Crippen molar-refractivity contribution in [2.24, 2.45) is 5.92 Å². The van der Waals surface area contributed by atoms with E-state index in [9.17, 15) is 12.8 Å². The SMILES string of the molecule is CS(=O)(=O)N1CCCC(COc2cc(F)cc(CCl)c2)C1. The number of halogens is 2. The fraction of sp³-hybridized carbons (Fsp3) is 0.571. The largest absolute Gasteiger partial charge is 0.493 e. The third kappa shape index (κ3) is 4.83. The Morgan fingerprint density at radius 3 is 2.86 bits per heavy atom. The molecule has 1 aromatic rings. The Balaban J connectivity index is 1.95. The van der Waals surface area contributed by atoms with Crippen molar-refractivity contribution in [3.63, 3.8) is 0 Å². The van der Waals surface area contributed by atoms with E-state index in [-0.39, 0.29) is 17.6 Å². The minimum absolute atomic E-state index is 0.121. The lowest BCUT2D eigenvalue weighted by Gasteiger charge is -2.30. The Hall–Kier alpha value is -0.850. The van der Waals surface area contributed by atoms with E-state index in [0.29, 0.717) is 31.0 Å². The van der Waals surface area contributed by atoms with Crippen LogP contribution in [0.2, 0.25) is 0 Å². The zero-order valence-corrected chi connectivity index (χ0v) is 13.5. The Morgan fingerprint density at radius 2 is 2.19 bits per heavy atom. The van der Waals surface area contributed by atoms with Crippen LogP contribution in [0, 0.1) is 11.7 Å². The van der Waals surface area contributed by atoms with Crippen molar-refractivity contribution in [3.8, 4) is 5.75 Å². The smallest absolute Gasteiger partial charge is 0.211 e. The molecule has 0 aliphatic carbocycles. The number of nitrogens with zero attached hydrogens (tertiary/aromatic N) is 1. The van der Waals surface area contributed by atoms with Crippen LogP contribution in [0.4, 0.5) is 4.39 Å². The molecule has 4 nitrogen and oxygen atoms in total. The highest BCUT2D eigenvalue weighted by atomic mass is 35.5. The van der Waals surface area contributed by atoms with Crippen LogP contribution in [-0.4, -0.2) is 38.7 Å². The van der Waals surface area contributed by atoms with Crippen molar-refractivity contribution >= 4 is 21.6 Å². The van der Waals surface area contributed by atoms with Crippen molar-refractivity contribution < 1.29 is 17.5 Å². The summed E-state index contributed by atoms with van der Waals surface area (Å²) >= 11 is 5.69.